The maximum absolute atomic E-state index is 5.71. The molecule has 1 aliphatic rings. The van der Waals surface area contributed by atoms with E-state index in [-0.39, 0.29) is 0 Å². The lowest BCUT2D eigenvalue weighted by molar-refractivity contribution is 0.214. The van der Waals surface area contributed by atoms with Crippen LogP contribution in [0.5, 0.6) is 5.75 Å². The zero-order valence-electron chi connectivity index (χ0n) is 9.99. The average molecular weight is 346 g/mol. The second kappa shape index (κ2) is 7.18. The van der Waals surface area contributed by atoms with E-state index in [0.717, 1.165) is 38.4 Å². The zero-order chi connectivity index (χ0) is 11.9. The van der Waals surface area contributed by atoms with Gasteiger partial charge in [0, 0.05) is 36.3 Å². The third-order valence-corrected chi connectivity index (χ3v) is 3.63. The van der Waals surface area contributed by atoms with Gasteiger partial charge in [0.1, 0.15) is 5.75 Å². The van der Waals surface area contributed by atoms with Crippen LogP contribution < -0.4 is 10.1 Å². The van der Waals surface area contributed by atoms with E-state index in [1.807, 2.05) is 12.1 Å². The molecule has 1 N–H and O–H groups in total. The van der Waals surface area contributed by atoms with E-state index >= 15 is 0 Å². The second-order valence-corrected chi connectivity index (χ2v) is 5.49. The van der Waals surface area contributed by atoms with Crippen LogP contribution in [0.3, 0.4) is 0 Å². The maximum Gasteiger partial charge on any atom is 0.119 e. The molecule has 3 nitrogen and oxygen atoms in total. The molecule has 1 aromatic carbocycles. The minimum Gasteiger partial charge on any atom is -0.494 e. The predicted octanol–water partition coefficient (Wildman–Crippen LogP) is 1.97. The highest BCUT2D eigenvalue weighted by atomic mass is 127. The van der Waals surface area contributed by atoms with Crippen molar-refractivity contribution in [3.05, 3.63) is 27.8 Å². The van der Waals surface area contributed by atoms with E-state index in [9.17, 15) is 0 Å². The lowest BCUT2D eigenvalue weighted by Crippen LogP contribution is -2.43. The summed E-state index contributed by atoms with van der Waals surface area (Å²) in [6.45, 7) is 6.54. The quantitative estimate of drug-likeness (QED) is 0.652. The van der Waals surface area contributed by atoms with E-state index in [1.165, 1.54) is 16.7 Å². The number of hydrogen-bond donors (Lipinski definition) is 1. The third kappa shape index (κ3) is 4.81. The Balaban J connectivity index is 1.60. The van der Waals surface area contributed by atoms with E-state index in [0.29, 0.717) is 0 Å². The molecule has 17 heavy (non-hydrogen) atoms. The van der Waals surface area contributed by atoms with Gasteiger partial charge < -0.3 is 15.0 Å². The van der Waals surface area contributed by atoms with Crippen LogP contribution in [0.4, 0.5) is 0 Å². The van der Waals surface area contributed by atoms with Gasteiger partial charge in [-0.1, -0.05) is 0 Å². The van der Waals surface area contributed by atoms with Gasteiger partial charge in [-0.25, -0.2) is 0 Å². The van der Waals surface area contributed by atoms with E-state index in [4.69, 9.17) is 4.74 Å². The molecule has 0 spiro atoms. The highest BCUT2D eigenvalue weighted by Crippen LogP contribution is 2.13. The Morgan fingerprint density at radius 1 is 1.18 bits per heavy atom. The van der Waals surface area contributed by atoms with Crippen LogP contribution in [0, 0.1) is 3.57 Å². The van der Waals surface area contributed by atoms with Crippen LogP contribution in [-0.4, -0.2) is 44.2 Å². The van der Waals surface area contributed by atoms with Gasteiger partial charge in [0.05, 0.1) is 6.61 Å². The van der Waals surface area contributed by atoms with Gasteiger partial charge in [0.15, 0.2) is 0 Å². The molecule has 1 aliphatic heterocycles. The fourth-order valence-corrected chi connectivity index (χ4v) is 2.30. The van der Waals surface area contributed by atoms with Crippen LogP contribution >= 0.6 is 22.6 Å². The smallest absolute Gasteiger partial charge is 0.119 e. The van der Waals surface area contributed by atoms with Gasteiger partial charge in [-0.3, -0.25) is 0 Å². The molecule has 94 valence electrons. The molecule has 1 saturated heterocycles. The Labute approximate surface area is 117 Å². The van der Waals surface area contributed by atoms with Gasteiger partial charge in [-0.05, 0) is 53.3 Å². The highest BCUT2D eigenvalue weighted by Gasteiger charge is 2.08. The van der Waals surface area contributed by atoms with E-state index < -0.39 is 0 Å². The molecule has 1 fully saturated rings. The number of piperazine rings is 1. The van der Waals surface area contributed by atoms with Gasteiger partial charge in [0.25, 0.3) is 0 Å². The molecule has 2 rings (SSSR count). The number of nitrogens with zero attached hydrogens (tertiary/aromatic N) is 1. The maximum atomic E-state index is 5.71. The standard InChI is InChI=1S/C13H19IN2O/c14-12-2-4-13(5-3-12)17-11-1-8-16-9-6-15-7-10-16/h2-5,15H,1,6-11H2. The molecule has 0 saturated carbocycles. The van der Waals surface area contributed by atoms with Crippen LogP contribution in [-0.2, 0) is 0 Å². The minimum atomic E-state index is 0.810. The molecular formula is C13H19IN2O. The number of nitrogens with one attached hydrogen (secondary N) is 1. The number of halogens is 1. The number of benzene rings is 1. The van der Waals surface area contributed by atoms with Crippen LogP contribution in [0.25, 0.3) is 0 Å². The lowest BCUT2D eigenvalue weighted by Gasteiger charge is -2.26. The van der Waals surface area contributed by atoms with Crippen LogP contribution in [0.15, 0.2) is 24.3 Å². The molecule has 4 heteroatoms. The van der Waals surface area contributed by atoms with Crippen molar-refractivity contribution in [3.8, 4) is 5.75 Å². The first-order chi connectivity index (χ1) is 8.34. The Morgan fingerprint density at radius 2 is 1.88 bits per heavy atom. The summed E-state index contributed by atoms with van der Waals surface area (Å²) in [7, 11) is 0. The topological polar surface area (TPSA) is 24.5 Å². The summed E-state index contributed by atoms with van der Waals surface area (Å²) in [4.78, 5) is 2.49. The summed E-state index contributed by atoms with van der Waals surface area (Å²) in [6.07, 6.45) is 1.10. The largest absolute Gasteiger partial charge is 0.494 e. The molecule has 0 amide bonds. The van der Waals surface area contributed by atoms with Crippen molar-refractivity contribution in [3.63, 3.8) is 0 Å². The first-order valence-electron chi connectivity index (χ1n) is 6.16. The van der Waals surface area contributed by atoms with Gasteiger partial charge in [-0.2, -0.15) is 0 Å². The van der Waals surface area contributed by atoms with Crippen molar-refractivity contribution in [1.82, 2.24) is 10.2 Å². The second-order valence-electron chi connectivity index (χ2n) is 4.25. The molecule has 0 atom stereocenters. The summed E-state index contributed by atoms with van der Waals surface area (Å²) in [5.74, 6) is 0.978. The van der Waals surface area contributed by atoms with Gasteiger partial charge in [-0.15, -0.1) is 0 Å². The zero-order valence-corrected chi connectivity index (χ0v) is 12.2. The van der Waals surface area contributed by atoms with Crippen molar-refractivity contribution in [2.75, 3.05) is 39.3 Å². The monoisotopic (exact) mass is 346 g/mol. The first-order valence-corrected chi connectivity index (χ1v) is 7.24. The van der Waals surface area contributed by atoms with Crippen LogP contribution in [0.1, 0.15) is 6.42 Å². The molecule has 0 radical (unpaired) electrons. The van der Waals surface area contributed by atoms with Gasteiger partial charge in [0.2, 0.25) is 0 Å². The predicted molar refractivity (Wildman–Crippen MR) is 78.6 cm³/mol. The normalized spacial score (nSPS) is 17.0. The van der Waals surface area contributed by atoms with Crippen molar-refractivity contribution >= 4 is 22.6 Å². The van der Waals surface area contributed by atoms with E-state index in [2.05, 4.69) is 44.9 Å². The summed E-state index contributed by atoms with van der Waals surface area (Å²) in [6, 6.07) is 8.22. The lowest BCUT2D eigenvalue weighted by atomic mass is 10.3. The SMILES string of the molecule is Ic1ccc(OCCCN2CCNCC2)cc1. The van der Waals surface area contributed by atoms with Crippen molar-refractivity contribution in [2.45, 2.75) is 6.42 Å². The van der Waals surface area contributed by atoms with Crippen molar-refractivity contribution in [1.29, 1.82) is 0 Å². The molecule has 0 aromatic heterocycles. The summed E-state index contributed by atoms with van der Waals surface area (Å²) in [5.41, 5.74) is 0. The Morgan fingerprint density at radius 3 is 2.59 bits per heavy atom. The fraction of sp³-hybridized carbons (Fsp3) is 0.538. The van der Waals surface area contributed by atoms with E-state index in [1.54, 1.807) is 0 Å². The number of hydrogen-bond acceptors (Lipinski definition) is 3. The van der Waals surface area contributed by atoms with Crippen LogP contribution in [0.2, 0.25) is 0 Å². The van der Waals surface area contributed by atoms with Gasteiger partial charge >= 0.3 is 0 Å². The number of rotatable bonds is 5. The fourth-order valence-electron chi connectivity index (χ4n) is 1.94. The van der Waals surface area contributed by atoms with Crippen molar-refractivity contribution < 1.29 is 4.74 Å². The summed E-state index contributed by atoms with van der Waals surface area (Å²) >= 11 is 2.30. The summed E-state index contributed by atoms with van der Waals surface area (Å²) < 4.78 is 6.95. The molecule has 1 aromatic rings. The first kappa shape index (κ1) is 13.1. The number of ether oxygens (including phenoxy) is 1. The molecule has 0 unspecified atom stereocenters. The average Bonchev–Trinajstić information content (AvgIpc) is 2.38. The highest BCUT2D eigenvalue weighted by molar-refractivity contribution is 14.1. The molecule has 0 aliphatic carbocycles. The Bertz CT molecular complexity index is 323. The molecule has 0 bridgehead atoms. The molecular weight excluding hydrogens is 327 g/mol. The Kier molecular flexibility index (Phi) is 5.54. The summed E-state index contributed by atoms with van der Waals surface area (Å²) in [5, 5.41) is 3.36. The molecule has 1 heterocycles. The third-order valence-electron chi connectivity index (χ3n) is 2.91. The van der Waals surface area contributed by atoms with Crippen molar-refractivity contribution in [2.24, 2.45) is 0 Å². The minimum absolute atomic E-state index is 0.810. The Hall–Kier alpha value is -0.330.